The molecule has 72 valence electrons. The van der Waals surface area contributed by atoms with Gasteiger partial charge in [-0.05, 0) is 40.6 Å². The number of hydrogen-bond acceptors (Lipinski definition) is 2. The predicted octanol–water partition coefficient (Wildman–Crippen LogP) is 2.16. The van der Waals surface area contributed by atoms with Crippen molar-refractivity contribution in [3.05, 3.63) is 22.3 Å². The van der Waals surface area contributed by atoms with Crippen molar-refractivity contribution < 1.29 is 9.90 Å². The van der Waals surface area contributed by atoms with E-state index in [2.05, 4.69) is 20.9 Å². The van der Waals surface area contributed by atoms with Crippen LogP contribution in [0.3, 0.4) is 0 Å². The summed E-state index contributed by atoms with van der Waals surface area (Å²) in [6.45, 7) is 0. The molecule has 1 rings (SSSR count). The van der Waals surface area contributed by atoms with E-state index in [9.17, 15) is 4.79 Å². The number of nitrogens with zero attached hydrogens (tertiary/aromatic N) is 1. The zero-order valence-electron chi connectivity index (χ0n) is 7.28. The van der Waals surface area contributed by atoms with Crippen LogP contribution in [0.4, 0.5) is 0 Å². The van der Waals surface area contributed by atoms with Crippen LogP contribution >= 0.6 is 26.8 Å². The van der Waals surface area contributed by atoms with Crippen molar-refractivity contribution in [1.82, 2.24) is 4.98 Å². The van der Waals surface area contributed by atoms with E-state index in [1.807, 2.05) is 12.5 Å². The van der Waals surface area contributed by atoms with E-state index < -0.39 is 5.97 Å². The molecule has 0 atom stereocenters. The summed E-state index contributed by atoms with van der Waals surface area (Å²) in [6, 6.07) is 3.13. The number of aromatic carboxylic acids is 1. The first-order valence-electron chi connectivity index (χ1n) is 3.59. The van der Waals surface area contributed by atoms with Gasteiger partial charge in [-0.1, -0.05) is 0 Å². The number of aromatic nitrogens is 1. The van der Waals surface area contributed by atoms with Gasteiger partial charge in [0.1, 0.15) is 4.60 Å². The summed E-state index contributed by atoms with van der Waals surface area (Å²) in [6.07, 6.45) is 4.07. The van der Waals surface area contributed by atoms with Gasteiger partial charge in [0.2, 0.25) is 0 Å². The lowest BCUT2D eigenvalue weighted by molar-refractivity contribution is 0.0696. The zero-order valence-corrected chi connectivity index (χ0v) is 9.76. The molecule has 0 unspecified atom stereocenters. The van der Waals surface area contributed by atoms with Crippen molar-refractivity contribution in [2.75, 3.05) is 12.5 Å². The smallest absolute Gasteiger partial charge is 0.335 e. The van der Waals surface area contributed by atoms with E-state index in [1.54, 1.807) is 6.07 Å². The van der Waals surface area contributed by atoms with Crippen LogP contribution in [-0.4, -0.2) is 28.6 Å². The molecule has 1 heterocycles. The Kier molecular flexibility index (Phi) is 3.33. The summed E-state index contributed by atoms with van der Waals surface area (Å²) in [7, 11) is -0.357. The van der Waals surface area contributed by atoms with Crippen molar-refractivity contribution >= 4 is 32.8 Å². The van der Waals surface area contributed by atoms with Crippen molar-refractivity contribution in [1.29, 1.82) is 0 Å². The number of pyridine rings is 1. The molecule has 0 saturated heterocycles. The first-order valence-corrected chi connectivity index (χ1v) is 6.62. The van der Waals surface area contributed by atoms with Crippen LogP contribution < -0.4 is 0 Å². The molecule has 0 aromatic carbocycles. The third-order valence-corrected chi connectivity index (χ3v) is 3.04. The molecule has 0 aliphatic rings. The minimum Gasteiger partial charge on any atom is -0.478 e. The maximum absolute atomic E-state index is 10.7. The van der Waals surface area contributed by atoms with Gasteiger partial charge >= 0.3 is 5.97 Å². The molecule has 0 spiro atoms. The van der Waals surface area contributed by atoms with Crippen LogP contribution in [0.2, 0.25) is 0 Å². The molecule has 5 heteroatoms. The second kappa shape index (κ2) is 4.11. The third-order valence-electron chi connectivity index (χ3n) is 1.49. The Labute approximate surface area is 87.7 Å². The Bertz CT molecular complexity index is 341. The normalized spacial score (nSPS) is 11.2. The average molecular weight is 264 g/mol. The van der Waals surface area contributed by atoms with Gasteiger partial charge in [-0.25, -0.2) is 20.7 Å². The lowest BCUT2D eigenvalue weighted by Gasteiger charge is -2.09. The van der Waals surface area contributed by atoms with Gasteiger partial charge < -0.3 is 5.11 Å². The molecular formula is C8H10BrNO2S. The van der Waals surface area contributed by atoms with E-state index in [-0.39, 0.29) is 16.5 Å². The number of carbonyl (C=O) groups is 1. The Balaban J connectivity index is 3.19. The van der Waals surface area contributed by atoms with Crippen LogP contribution in [0.5, 0.6) is 0 Å². The van der Waals surface area contributed by atoms with Gasteiger partial charge in [0.05, 0.1) is 10.6 Å². The molecule has 0 aliphatic heterocycles. The zero-order chi connectivity index (χ0) is 10.0. The van der Waals surface area contributed by atoms with Crippen LogP contribution in [-0.2, 0) is 0 Å². The number of thiol groups is 1. The number of carboxylic acids is 1. The van der Waals surface area contributed by atoms with E-state index in [4.69, 9.17) is 5.11 Å². The van der Waals surface area contributed by atoms with Crippen molar-refractivity contribution in [2.45, 2.75) is 5.03 Å². The maximum Gasteiger partial charge on any atom is 0.335 e. The number of halogens is 1. The second-order valence-electron chi connectivity index (χ2n) is 2.74. The van der Waals surface area contributed by atoms with Crippen molar-refractivity contribution in [3.63, 3.8) is 0 Å². The first-order chi connectivity index (χ1) is 6.00. The Morgan fingerprint density at radius 2 is 2.15 bits per heavy atom. The Hall–Kier alpha value is -0.550. The highest BCUT2D eigenvalue weighted by atomic mass is 79.9. The highest BCUT2D eigenvalue weighted by Gasteiger charge is 2.07. The van der Waals surface area contributed by atoms with Gasteiger partial charge in [-0.15, -0.1) is 0 Å². The fraction of sp³-hybridized carbons (Fsp3) is 0.250. The average Bonchev–Trinajstić information content (AvgIpc) is 2.03. The van der Waals surface area contributed by atoms with Crippen molar-refractivity contribution in [3.8, 4) is 0 Å². The molecule has 0 aliphatic carbocycles. The standard InChI is InChI=1S/C8H10BrNO2S/c1-13(2)7-4-5(8(11)12)3-6(9)10-7/h3-4,13H,1-2H3,(H,11,12). The van der Waals surface area contributed by atoms with Crippen LogP contribution in [0.1, 0.15) is 10.4 Å². The molecular weight excluding hydrogens is 254 g/mol. The highest BCUT2D eigenvalue weighted by Crippen LogP contribution is 2.28. The third kappa shape index (κ3) is 2.70. The Morgan fingerprint density at radius 3 is 2.62 bits per heavy atom. The summed E-state index contributed by atoms with van der Waals surface area (Å²) < 4.78 is 0.582. The number of rotatable bonds is 2. The largest absolute Gasteiger partial charge is 0.478 e. The van der Waals surface area contributed by atoms with Gasteiger partial charge in [0.25, 0.3) is 0 Å². The van der Waals surface area contributed by atoms with E-state index in [0.717, 1.165) is 5.03 Å². The molecule has 0 saturated carbocycles. The second-order valence-corrected chi connectivity index (χ2v) is 5.80. The summed E-state index contributed by atoms with van der Waals surface area (Å²) in [5.41, 5.74) is 0.285. The van der Waals surface area contributed by atoms with Gasteiger partial charge in [0.15, 0.2) is 0 Å². The predicted molar refractivity (Wildman–Crippen MR) is 58.0 cm³/mol. The molecule has 1 N–H and O–H groups in total. The van der Waals surface area contributed by atoms with Gasteiger partial charge in [-0.2, -0.15) is 0 Å². The quantitative estimate of drug-likeness (QED) is 0.635. The molecule has 0 fully saturated rings. The molecule has 0 amide bonds. The molecule has 3 nitrogen and oxygen atoms in total. The van der Waals surface area contributed by atoms with Gasteiger partial charge in [0, 0.05) is 0 Å². The summed E-state index contributed by atoms with van der Waals surface area (Å²) in [4.78, 5) is 14.9. The first kappa shape index (κ1) is 10.5. The highest BCUT2D eigenvalue weighted by molar-refractivity contribution is 9.10. The monoisotopic (exact) mass is 263 g/mol. The van der Waals surface area contributed by atoms with E-state index in [0.29, 0.717) is 4.60 Å². The maximum atomic E-state index is 10.7. The molecule has 1 aromatic heterocycles. The summed E-state index contributed by atoms with van der Waals surface area (Å²) in [5.74, 6) is -0.916. The SMILES string of the molecule is C[SH](C)c1cc(C(=O)O)cc(Br)n1. The summed E-state index contributed by atoms with van der Waals surface area (Å²) in [5, 5.41) is 9.62. The number of carboxylic acid groups (broad SMARTS) is 1. The van der Waals surface area contributed by atoms with Crippen LogP contribution in [0.25, 0.3) is 0 Å². The van der Waals surface area contributed by atoms with Gasteiger partial charge in [-0.3, -0.25) is 0 Å². The fourth-order valence-corrected chi connectivity index (χ4v) is 2.12. The van der Waals surface area contributed by atoms with E-state index in [1.165, 1.54) is 6.07 Å². The summed E-state index contributed by atoms with van der Waals surface area (Å²) >= 11 is 3.19. The lowest BCUT2D eigenvalue weighted by atomic mass is 10.3. The van der Waals surface area contributed by atoms with Crippen LogP contribution in [0, 0.1) is 0 Å². The number of hydrogen-bond donors (Lipinski definition) is 2. The molecule has 1 aromatic rings. The molecule has 0 radical (unpaired) electrons. The molecule has 0 bridgehead atoms. The van der Waals surface area contributed by atoms with Crippen LogP contribution in [0.15, 0.2) is 21.8 Å². The Morgan fingerprint density at radius 1 is 1.54 bits per heavy atom. The minimum atomic E-state index is -0.916. The fourth-order valence-electron chi connectivity index (χ4n) is 0.836. The lowest BCUT2D eigenvalue weighted by Crippen LogP contribution is -1.98. The minimum absolute atomic E-state index is 0.285. The van der Waals surface area contributed by atoms with E-state index >= 15 is 0 Å². The van der Waals surface area contributed by atoms with Crippen molar-refractivity contribution in [2.24, 2.45) is 0 Å². The molecule has 13 heavy (non-hydrogen) atoms. The topological polar surface area (TPSA) is 50.2 Å².